The number of ether oxygens (including phenoxy) is 3. The molecule has 8 nitrogen and oxygen atoms in total. The zero-order chi connectivity index (χ0) is 27.9. The van der Waals surface area contributed by atoms with Crippen molar-refractivity contribution >= 4 is 23.1 Å². The molecule has 3 aromatic carbocycles. The molecule has 1 aliphatic heterocycles. The van der Waals surface area contributed by atoms with Crippen LogP contribution in [0.25, 0.3) is 5.76 Å². The minimum atomic E-state index is -1.02. The van der Waals surface area contributed by atoms with Gasteiger partial charge >= 0.3 is 0 Å². The number of anilines is 1. The molecule has 0 aromatic heterocycles. The highest BCUT2D eigenvalue weighted by Crippen LogP contribution is 2.47. The second kappa shape index (κ2) is 12.2. The molecule has 1 atom stereocenters. The highest BCUT2D eigenvalue weighted by molar-refractivity contribution is 6.51. The Balaban J connectivity index is 1.84. The first-order chi connectivity index (χ1) is 18.9. The molecule has 1 saturated heterocycles. The van der Waals surface area contributed by atoms with Gasteiger partial charge in [-0.25, -0.2) is 0 Å². The number of methoxy groups -OCH3 is 2. The maximum atomic E-state index is 13.5. The fourth-order valence-electron chi connectivity index (χ4n) is 4.62. The van der Waals surface area contributed by atoms with Gasteiger partial charge in [0, 0.05) is 16.8 Å². The summed E-state index contributed by atoms with van der Waals surface area (Å²) in [5.41, 5.74) is 1.52. The summed E-state index contributed by atoms with van der Waals surface area (Å²) in [6.45, 7) is 2.71. The van der Waals surface area contributed by atoms with Crippen molar-refractivity contribution < 1.29 is 28.9 Å². The second-order valence-electron chi connectivity index (χ2n) is 8.99. The van der Waals surface area contributed by atoms with Crippen LogP contribution >= 0.6 is 0 Å². The molecule has 1 N–H and O–H groups in total. The van der Waals surface area contributed by atoms with Gasteiger partial charge in [-0.05, 0) is 61.0 Å². The van der Waals surface area contributed by atoms with Crippen LogP contribution in [0.15, 0.2) is 72.3 Å². The maximum Gasteiger partial charge on any atom is 0.300 e. The van der Waals surface area contributed by atoms with Crippen LogP contribution in [0.1, 0.15) is 48.9 Å². The number of ketones is 1. The lowest BCUT2D eigenvalue weighted by Crippen LogP contribution is -2.29. The lowest BCUT2D eigenvalue weighted by Gasteiger charge is -2.27. The molecular weight excluding hydrogens is 496 g/mol. The highest BCUT2D eigenvalue weighted by atomic mass is 16.5. The number of Topliss-reactive ketones (excluding diaryl/α,β-unsaturated/α-hetero) is 1. The smallest absolute Gasteiger partial charge is 0.300 e. The van der Waals surface area contributed by atoms with Gasteiger partial charge in [-0.3, -0.25) is 14.5 Å². The lowest BCUT2D eigenvalue weighted by atomic mass is 9.94. The molecule has 4 rings (SSSR count). The van der Waals surface area contributed by atoms with Gasteiger partial charge in [0.15, 0.2) is 11.5 Å². The monoisotopic (exact) mass is 526 g/mol. The number of nitriles is 1. The van der Waals surface area contributed by atoms with Crippen molar-refractivity contribution in [2.75, 3.05) is 25.7 Å². The molecule has 1 aliphatic rings. The van der Waals surface area contributed by atoms with Gasteiger partial charge in [0.1, 0.15) is 11.5 Å². The number of hydrogen-bond acceptors (Lipinski definition) is 7. The minimum absolute atomic E-state index is 0.0903. The summed E-state index contributed by atoms with van der Waals surface area (Å²) in [4.78, 5) is 28.2. The summed E-state index contributed by atoms with van der Waals surface area (Å²) in [5.74, 6) is -0.598. The third kappa shape index (κ3) is 5.43. The summed E-state index contributed by atoms with van der Waals surface area (Å²) in [7, 11) is 2.96. The number of carbonyl (C=O) groups excluding carboxylic acids is 2. The van der Waals surface area contributed by atoms with Gasteiger partial charge in [0.2, 0.25) is 0 Å². The molecule has 1 fully saturated rings. The highest BCUT2D eigenvalue weighted by Gasteiger charge is 2.48. The standard InChI is InChI=1S/C31H30N2O6/c1-4-5-6-18-39-23-16-12-21(13-17-23)28(34)26-27(24-8-7-9-25(37-2)30(24)38-3)33(31(36)29(26)35)22-14-10-20(19-32)11-15-22/h7-17,27,34H,4-6,18H2,1-3H3/b28-26-. The van der Waals surface area contributed by atoms with Crippen LogP contribution in [-0.4, -0.2) is 37.6 Å². The third-order valence-corrected chi connectivity index (χ3v) is 6.59. The zero-order valence-corrected chi connectivity index (χ0v) is 22.1. The quantitative estimate of drug-likeness (QED) is 0.155. The first kappa shape index (κ1) is 27.3. The Bertz CT molecular complexity index is 1420. The predicted octanol–water partition coefficient (Wildman–Crippen LogP) is 5.77. The molecule has 200 valence electrons. The molecule has 39 heavy (non-hydrogen) atoms. The van der Waals surface area contributed by atoms with E-state index in [0.717, 1.165) is 19.3 Å². The van der Waals surface area contributed by atoms with Gasteiger partial charge in [0.25, 0.3) is 11.7 Å². The van der Waals surface area contributed by atoms with E-state index in [9.17, 15) is 20.0 Å². The van der Waals surface area contributed by atoms with Crippen molar-refractivity contribution in [1.82, 2.24) is 0 Å². The van der Waals surface area contributed by atoms with E-state index >= 15 is 0 Å². The maximum absolute atomic E-state index is 13.5. The Hall–Kier alpha value is -4.77. The van der Waals surface area contributed by atoms with E-state index in [1.165, 1.54) is 19.1 Å². The van der Waals surface area contributed by atoms with E-state index in [1.807, 2.05) is 6.07 Å². The van der Waals surface area contributed by atoms with Crippen LogP contribution in [0.3, 0.4) is 0 Å². The Labute approximate surface area is 227 Å². The van der Waals surface area contributed by atoms with Crippen LogP contribution in [0, 0.1) is 11.3 Å². The normalized spacial score (nSPS) is 16.2. The summed E-state index contributed by atoms with van der Waals surface area (Å²) in [6.07, 6.45) is 3.11. The minimum Gasteiger partial charge on any atom is -0.507 e. The number of para-hydroxylation sites is 1. The van der Waals surface area contributed by atoms with E-state index in [0.29, 0.717) is 46.2 Å². The SMILES string of the molecule is CCCCCOc1ccc(/C(O)=C2/C(=O)C(=O)N(c3ccc(C#N)cc3)C2c2cccc(OC)c2OC)cc1. The average molecular weight is 527 g/mol. The average Bonchev–Trinajstić information content (AvgIpc) is 3.24. The third-order valence-electron chi connectivity index (χ3n) is 6.59. The van der Waals surface area contributed by atoms with E-state index in [4.69, 9.17) is 14.2 Å². The fraction of sp³-hybridized carbons (Fsp3) is 0.258. The molecule has 0 saturated carbocycles. The summed E-state index contributed by atoms with van der Waals surface area (Å²) in [5, 5.41) is 20.6. The number of benzene rings is 3. The molecule has 1 unspecified atom stereocenters. The molecule has 3 aromatic rings. The largest absolute Gasteiger partial charge is 0.507 e. The molecule has 0 bridgehead atoms. The van der Waals surface area contributed by atoms with E-state index < -0.39 is 17.7 Å². The van der Waals surface area contributed by atoms with Crippen molar-refractivity contribution in [1.29, 1.82) is 5.26 Å². The topological polar surface area (TPSA) is 109 Å². The number of aliphatic hydroxyl groups is 1. The zero-order valence-electron chi connectivity index (χ0n) is 22.1. The summed E-state index contributed by atoms with van der Waals surface area (Å²) < 4.78 is 16.9. The van der Waals surface area contributed by atoms with Crippen molar-refractivity contribution in [3.8, 4) is 23.3 Å². The number of rotatable bonds is 10. The molecule has 0 aliphatic carbocycles. The summed E-state index contributed by atoms with van der Waals surface area (Å²) in [6, 6.07) is 19.2. The van der Waals surface area contributed by atoms with Crippen LogP contribution < -0.4 is 19.1 Å². The number of unbranched alkanes of at least 4 members (excludes halogenated alkanes) is 2. The number of carbonyl (C=O) groups is 2. The van der Waals surface area contributed by atoms with Gasteiger partial charge in [-0.2, -0.15) is 5.26 Å². The number of aliphatic hydroxyl groups excluding tert-OH is 1. The van der Waals surface area contributed by atoms with Gasteiger partial charge in [-0.1, -0.05) is 31.9 Å². The van der Waals surface area contributed by atoms with Gasteiger partial charge in [0.05, 0.1) is 44.1 Å². The molecule has 0 spiro atoms. The van der Waals surface area contributed by atoms with Crippen molar-refractivity contribution in [3.63, 3.8) is 0 Å². The Kier molecular flexibility index (Phi) is 8.52. The first-order valence-corrected chi connectivity index (χ1v) is 12.7. The molecular formula is C31H30N2O6. The van der Waals surface area contributed by atoms with E-state index in [2.05, 4.69) is 6.92 Å². The Morgan fingerprint density at radius 3 is 2.31 bits per heavy atom. The lowest BCUT2D eigenvalue weighted by molar-refractivity contribution is -0.132. The first-order valence-electron chi connectivity index (χ1n) is 12.7. The van der Waals surface area contributed by atoms with Crippen LogP contribution in [-0.2, 0) is 9.59 Å². The van der Waals surface area contributed by atoms with Gasteiger partial charge < -0.3 is 19.3 Å². The Morgan fingerprint density at radius 1 is 0.974 bits per heavy atom. The van der Waals surface area contributed by atoms with E-state index in [1.54, 1.807) is 66.7 Å². The second-order valence-corrected chi connectivity index (χ2v) is 8.99. The number of amides is 1. The van der Waals surface area contributed by atoms with Crippen LogP contribution in [0.2, 0.25) is 0 Å². The molecule has 0 radical (unpaired) electrons. The van der Waals surface area contributed by atoms with Crippen LogP contribution in [0.5, 0.6) is 17.2 Å². The fourth-order valence-corrected chi connectivity index (χ4v) is 4.62. The van der Waals surface area contributed by atoms with Gasteiger partial charge in [-0.15, -0.1) is 0 Å². The molecule has 1 heterocycles. The van der Waals surface area contributed by atoms with Crippen molar-refractivity contribution in [2.24, 2.45) is 0 Å². The molecule has 8 heteroatoms. The number of hydrogen-bond donors (Lipinski definition) is 1. The van der Waals surface area contributed by atoms with E-state index in [-0.39, 0.29) is 11.3 Å². The number of nitrogens with zero attached hydrogens (tertiary/aromatic N) is 2. The van der Waals surface area contributed by atoms with Crippen molar-refractivity contribution in [3.05, 3.63) is 89.0 Å². The Morgan fingerprint density at radius 2 is 1.69 bits per heavy atom. The van der Waals surface area contributed by atoms with Crippen molar-refractivity contribution in [2.45, 2.75) is 32.2 Å². The summed E-state index contributed by atoms with van der Waals surface area (Å²) >= 11 is 0. The predicted molar refractivity (Wildman–Crippen MR) is 147 cm³/mol. The van der Waals surface area contributed by atoms with Crippen LogP contribution in [0.4, 0.5) is 5.69 Å². The molecule has 1 amide bonds.